The average molecular weight is 749 g/mol. The van der Waals surface area contributed by atoms with Crippen LogP contribution in [0.25, 0.3) is 21.8 Å². The molecule has 2 aliphatic rings. The van der Waals surface area contributed by atoms with Gasteiger partial charge < -0.3 is 25.3 Å². The Morgan fingerprint density at radius 1 is 0.646 bits per heavy atom. The fourth-order valence-electron chi connectivity index (χ4n) is 7.25. The van der Waals surface area contributed by atoms with E-state index in [4.69, 9.17) is 4.74 Å². The number of ether oxygens (including phenoxy) is 1. The molecule has 6 aromatic rings. The van der Waals surface area contributed by atoms with Gasteiger partial charge in [-0.05, 0) is 97.2 Å². The molecule has 4 N–H and O–H groups in total. The van der Waals surface area contributed by atoms with Gasteiger partial charge in [0.2, 0.25) is 0 Å². The normalized spacial score (nSPS) is 16.8. The Morgan fingerprint density at radius 3 is 1.75 bits per heavy atom. The van der Waals surface area contributed by atoms with Crippen LogP contribution in [-0.2, 0) is 25.9 Å². The van der Waals surface area contributed by atoms with E-state index in [2.05, 4.69) is 128 Å². The largest absolute Gasteiger partial charge is 0.497 e. The van der Waals surface area contributed by atoms with Crippen molar-refractivity contribution >= 4 is 62.5 Å². The Balaban J connectivity index is 0.000000180. The Kier molecular flexibility index (Phi) is 12.7. The van der Waals surface area contributed by atoms with Crippen LogP contribution >= 0.6 is 40.7 Å². The monoisotopic (exact) mass is 746 g/mol. The number of aryl methyl sites for hydroxylation is 2. The minimum atomic E-state index is 0. The number of hydrogen-bond donors (Lipinski definition) is 4. The summed E-state index contributed by atoms with van der Waals surface area (Å²) in [6, 6.07) is 34.9. The van der Waals surface area contributed by atoms with Crippen molar-refractivity contribution in [1.82, 2.24) is 20.6 Å². The highest BCUT2D eigenvalue weighted by molar-refractivity contribution is 9.10. The van der Waals surface area contributed by atoms with E-state index in [9.17, 15) is 0 Å². The first-order valence-corrected chi connectivity index (χ1v) is 17.5. The maximum Gasteiger partial charge on any atom is 0.119 e. The molecular formula is C40H45BrCl2N4O. The van der Waals surface area contributed by atoms with Gasteiger partial charge in [-0.25, -0.2) is 0 Å². The Bertz CT molecular complexity index is 1910. The second kappa shape index (κ2) is 16.9. The highest BCUT2D eigenvalue weighted by atomic mass is 79.9. The first-order valence-electron chi connectivity index (χ1n) is 16.7. The molecule has 0 radical (unpaired) electrons. The number of nitrogens with one attached hydrogen (secondary N) is 4. The summed E-state index contributed by atoms with van der Waals surface area (Å²) in [5.41, 5.74) is 10.9. The predicted molar refractivity (Wildman–Crippen MR) is 208 cm³/mol. The zero-order valence-corrected chi connectivity index (χ0v) is 30.6. The molecule has 4 aromatic carbocycles. The molecule has 0 bridgehead atoms. The highest BCUT2D eigenvalue weighted by Gasteiger charge is 2.25. The maximum absolute atomic E-state index is 5.39. The van der Waals surface area contributed by atoms with E-state index in [-0.39, 0.29) is 24.8 Å². The molecule has 8 heteroatoms. The number of methoxy groups -OCH3 is 1. The fraction of sp³-hybridized carbons (Fsp3) is 0.300. The molecule has 0 spiro atoms. The van der Waals surface area contributed by atoms with E-state index in [1.54, 1.807) is 7.11 Å². The second-order valence-electron chi connectivity index (χ2n) is 12.6. The second-order valence-corrected chi connectivity index (χ2v) is 13.5. The number of aromatic amines is 2. The van der Waals surface area contributed by atoms with E-state index in [1.807, 2.05) is 6.07 Å². The van der Waals surface area contributed by atoms with Crippen LogP contribution in [0.5, 0.6) is 5.75 Å². The molecule has 2 unspecified atom stereocenters. The third-order valence-corrected chi connectivity index (χ3v) is 10.1. The number of H-pyrrole nitrogens is 2. The number of aromatic nitrogens is 2. The standard InChI is InChI=1S/C20H21BrN2.C20H22N2O.2ClH/c21-15-10-11-18-17(12-15)16-8-4-5-9-19(20(16)23-18)22-13-14-6-2-1-3-7-14;1-23-15-10-11-18-17(12-15)16-8-5-9-19(20(16)22-18)21-13-14-6-3-2-4-7-14;;/h1-3,6-7,10-12,19,22-23H,4-5,8-9,13H2;2-4,6-7,10-12,19,21-22H,5,8-9,13H2,1H3;2*1H. The van der Waals surface area contributed by atoms with Gasteiger partial charge in [0.05, 0.1) is 7.11 Å². The first kappa shape index (κ1) is 36.0. The van der Waals surface area contributed by atoms with Crippen molar-refractivity contribution < 1.29 is 4.74 Å². The van der Waals surface area contributed by atoms with Gasteiger partial charge in [0.15, 0.2) is 0 Å². The quantitative estimate of drug-likeness (QED) is 0.123. The van der Waals surface area contributed by atoms with Crippen LogP contribution in [0.4, 0.5) is 0 Å². The lowest BCUT2D eigenvalue weighted by Crippen LogP contribution is -2.24. The van der Waals surface area contributed by atoms with Crippen molar-refractivity contribution in [3.8, 4) is 5.75 Å². The van der Waals surface area contributed by atoms with E-state index in [0.29, 0.717) is 12.1 Å². The van der Waals surface area contributed by atoms with Gasteiger partial charge in [-0.1, -0.05) is 83.0 Å². The Morgan fingerprint density at radius 2 is 1.17 bits per heavy atom. The van der Waals surface area contributed by atoms with Crippen molar-refractivity contribution in [2.24, 2.45) is 0 Å². The van der Waals surface area contributed by atoms with Crippen LogP contribution in [-0.4, -0.2) is 17.1 Å². The number of fused-ring (bicyclic) bond motifs is 6. The molecule has 252 valence electrons. The SMILES string of the molecule is Brc1ccc2[nH]c3c(c2c1)CCCCC3NCc1ccccc1.COc1ccc2[nH]c3c(c2c1)CCCC3NCc1ccccc1.Cl.Cl. The zero-order valence-electron chi connectivity index (χ0n) is 27.4. The van der Waals surface area contributed by atoms with Gasteiger partial charge in [0, 0.05) is 62.8 Å². The summed E-state index contributed by atoms with van der Waals surface area (Å²) in [5, 5.41) is 10.2. The predicted octanol–water partition coefficient (Wildman–Crippen LogP) is 10.7. The molecule has 2 aromatic heterocycles. The number of halogens is 3. The number of rotatable bonds is 7. The van der Waals surface area contributed by atoms with E-state index in [1.165, 1.54) is 94.0 Å². The molecule has 2 heterocycles. The van der Waals surface area contributed by atoms with Gasteiger partial charge in [0.1, 0.15) is 5.75 Å². The van der Waals surface area contributed by atoms with Crippen LogP contribution in [0.15, 0.2) is 102 Å². The Hall–Kier alpha value is -3.26. The average Bonchev–Trinajstić information content (AvgIpc) is 3.58. The number of benzene rings is 4. The van der Waals surface area contributed by atoms with Crippen LogP contribution in [0.1, 0.15) is 77.8 Å². The van der Waals surface area contributed by atoms with Crippen LogP contribution in [0.3, 0.4) is 0 Å². The van der Waals surface area contributed by atoms with E-state index >= 15 is 0 Å². The maximum atomic E-state index is 5.39. The fourth-order valence-corrected chi connectivity index (χ4v) is 7.61. The van der Waals surface area contributed by atoms with Gasteiger partial charge >= 0.3 is 0 Å². The molecule has 0 aliphatic heterocycles. The molecule has 5 nitrogen and oxygen atoms in total. The Labute approximate surface area is 304 Å². The van der Waals surface area contributed by atoms with Crippen molar-refractivity contribution in [2.75, 3.05) is 7.11 Å². The van der Waals surface area contributed by atoms with Crippen molar-refractivity contribution in [3.05, 3.63) is 135 Å². The summed E-state index contributed by atoms with van der Waals surface area (Å²) in [7, 11) is 1.73. The third-order valence-electron chi connectivity index (χ3n) is 9.62. The summed E-state index contributed by atoms with van der Waals surface area (Å²) in [4.78, 5) is 7.32. The minimum absolute atomic E-state index is 0. The van der Waals surface area contributed by atoms with Gasteiger partial charge in [0.25, 0.3) is 0 Å². The highest BCUT2D eigenvalue weighted by Crippen LogP contribution is 2.37. The third kappa shape index (κ3) is 8.12. The molecule has 2 atom stereocenters. The molecule has 0 saturated heterocycles. The van der Waals surface area contributed by atoms with E-state index in [0.717, 1.165) is 29.7 Å². The summed E-state index contributed by atoms with van der Waals surface area (Å²) in [6.07, 6.45) is 8.49. The number of hydrogen-bond acceptors (Lipinski definition) is 3. The van der Waals surface area contributed by atoms with Crippen molar-refractivity contribution in [1.29, 1.82) is 0 Å². The van der Waals surface area contributed by atoms with Crippen LogP contribution in [0.2, 0.25) is 0 Å². The van der Waals surface area contributed by atoms with Crippen molar-refractivity contribution in [2.45, 2.75) is 70.1 Å². The lowest BCUT2D eigenvalue weighted by molar-refractivity contribution is 0.415. The zero-order chi connectivity index (χ0) is 31.3. The first-order chi connectivity index (χ1) is 22.7. The molecule has 0 fully saturated rings. The summed E-state index contributed by atoms with van der Waals surface area (Å²) in [6.45, 7) is 1.83. The smallest absolute Gasteiger partial charge is 0.119 e. The molecule has 2 aliphatic carbocycles. The molecule has 0 amide bonds. The van der Waals surface area contributed by atoms with Gasteiger partial charge in [-0.15, -0.1) is 24.8 Å². The van der Waals surface area contributed by atoms with Gasteiger partial charge in [-0.3, -0.25) is 0 Å². The molecule has 48 heavy (non-hydrogen) atoms. The molecule has 8 rings (SSSR count). The topological polar surface area (TPSA) is 64.9 Å². The lowest BCUT2D eigenvalue weighted by Gasteiger charge is -2.24. The van der Waals surface area contributed by atoms with Crippen molar-refractivity contribution in [3.63, 3.8) is 0 Å². The summed E-state index contributed by atoms with van der Waals surface area (Å²) < 4.78 is 6.54. The van der Waals surface area contributed by atoms with Crippen LogP contribution < -0.4 is 15.4 Å². The molecular weight excluding hydrogens is 703 g/mol. The summed E-state index contributed by atoms with van der Waals surface area (Å²) in [5.74, 6) is 0.929. The summed E-state index contributed by atoms with van der Waals surface area (Å²) >= 11 is 3.61. The van der Waals surface area contributed by atoms with Gasteiger partial charge in [-0.2, -0.15) is 0 Å². The minimum Gasteiger partial charge on any atom is -0.497 e. The van der Waals surface area contributed by atoms with Crippen LogP contribution in [0, 0.1) is 0 Å². The lowest BCUT2D eigenvalue weighted by atomic mass is 9.91. The molecule has 0 saturated carbocycles. The van der Waals surface area contributed by atoms with E-state index < -0.39 is 0 Å².